The van der Waals surface area contributed by atoms with Crippen LogP contribution in [0.1, 0.15) is 12.2 Å². The van der Waals surface area contributed by atoms with Gasteiger partial charge in [0.1, 0.15) is 5.82 Å². The number of aryl methyl sites for hydroxylation is 1. The van der Waals surface area contributed by atoms with E-state index in [1.165, 1.54) is 0 Å². The topological polar surface area (TPSA) is 104 Å². The Balaban J connectivity index is 1.51. The van der Waals surface area contributed by atoms with Crippen molar-refractivity contribution in [2.24, 2.45) is 0 Å². The first-order valence-corrected chi connectivity index (χ1v) is 10.5. The zero-order valence-electron chi connectivity index (χ0n) is 14.5. The van der Waals surface area contributed by atoms with Crippen molar-refractivity contribution < 1.29 is 8.42 Å². The predicted molar refractivity (Wildman–Crippen MR) is 102 cm³/mol. The number of hydrogen-bond acceptors (Lipinski definition) is 6. The molecule has 142 valence electrons. The minimum absolute atomic E-state index is 0.0536. The van der Waals surface area contributed by atoms with Crippen LogP contribution in [0.25, 0.3) is 10.8 Å². The smallest absolute Gasteiger partial charge is 0.243 e. The van der Waals surface area contributed by atoms with Gasteiger partial charge < -0.3 is 5.32 Å². The lowest BCUT2D eigenvalue weighted by Crippen LogP contribution is -2.52. The molecule has 1 unspecified atom stereocenters. The normalized spacial score (nSPS) is 18.8. The van der Waals surface area contributed by atoms with Gasteiger partial charge in [-0.05, 0) is 51.9 Å². The number of tetrazole rings is 1. The van der Waals surface area contributed by atoms with Gasteiger partial charge in [-0.1, -0.05) is 23.7 Å². The van der Waals surface area contributed by atoms with Crippen LogP contribution in [0, 0.1) is 0 Å². The van der Waals surface area contributed by atoms with Crippen LogP contribution in [0.4, 0.5) is 0 Å². The molecule has 27 heavy (non-hydrogen) atoms. The van der Waals surface area contributed by atoms with Crippen molar-refractivity contribution >= 4 is 32.4 Å². The summed E-state index contributed by atoms with van der Waals surface area (Å²) >= 11 is 6.00. The summed E-state index contributed by atoms with van der Waals surface area (Å²) in [5.41, 5.74) is 0. The number of sulfonamides is 1. The van der Waals surface area contributed by atoms with Gasteiger partial charge in [-0.2, -0.15) is 4.31 Å². The molecule has 0 amide bonds. The summed E-state index contributed by atoms with van der Waals surface area (Å²) in [7, 11) is -3.56. The molecule has 4 rings (SSSR count). The number of nitrogens with zero attached hydrogens (tertiary/aromatic N) is 4. The highest BCUT2D eigenvalue weighted by Crippen LogP contribution is 2.25. The Kier molecular flexibility index (Phi) is 5.09. The van der Waals surface area contributed by atoms with E-state index < -0.39 is 10.0 Å². The van der Waals surface area contributed by atoms with Crippen molar-refractivity contribution in [2.75, 3.05) is 19.6 Å². The van der Waals surface area contributed by atoms with Crippen LogP contribution in [0.15, 0.2) is 41.3 Å². The first kappa shape index (κ1) is 18.3. The minimum Gasteiger partial charge on any atom is -0.311 e. The molecule has 0 spiro atoms. The van der Waals surface area contributed by atoms with Gasteiger partial charge in [-0.3, -0.25) is 0 Å². The summed E-state index contributed by atoms with van der Waals surface area (Å²) in [6.07, 6.45) is 1.41. The highest BCUT2D eigenvalue weighted by Gasteiger charge is 2.30. The van der Waals surface area contributed by atoms with Crippen LogP contribution in [-0.4, -0.2) is 59.0 Å². The zero-order valence-corrected chi connectivity index (χ0v) is 16.0. The molecule has 1 fully saturated rings. The first-order chi connectivity index (χ1) is 13.0. The summed E-state index contributed by atoms with van der Waals surface area (Å²) in [5, 5.41) is 19.5. The Morgan fingerprint density at radius 2 is 2.00 bits per heavy atom. The maximum atomic E-state index is 13.1. The molecule has 1 atom stereocenters. The number of hydrogen-bond donors (Lipinski definition) is 2. The van der Waals surface area contributed by atoms with Crippen molar-refractivity contribution in [3.63, 3.8) is 0 Å². The van der Waals surface area contributed by atoms with E-state index in [9.17, 15) is 8.42 Å². The quantitative estimate of drug-likeness (QED) is 0.667. The molecule has 0 aliphatic carbocycles. The number of aromatic nitrogens is 4. The second kappa shape index (κ2) is 7.51. The van der Waals surface area contributed by atoms with Crippen LogP contribution < -0.4 is 5.32 Å². The number of benzene rings is 2. The third-order valence-corrected chi connectivity index (χ3v) is 6.84. The van der Waals surface area contributed by atoms with E-state index in [2.05, 4.69) is 25.9 Å². The third kappa shape index (κ3) is 3.96. The summed E-state index contributed by atoms with van der Waals surface area (Å²) in [4.78, 5) is 0.303. The number of fused-ring (bicyclic) bond motifs is 1. The summed E-state index contributed by atoms with van der Waals surface area (Å²) in [6.45, 7) is 1.48. The maximum absolute atomic E-state index is 13.1. The molecular weight excluding hydrogens is 388 g/mol. The highest BCUT2D eigenvalue weighted by molar-refractivity contribution is 7.89. The molecule has 0 saturated carbocycles. The lowest BCUT2D eigenvalue weighted by Gasteiger charge is -2.32. The predicted octanol–water partition coefficient (Wildman–Crippen LogP) is 1.60. The third-order valence-electron chi connectivity index (χ3n) is 4.75. The molecule has 2 heterocycles. The van der Waals surface area contributed by atoms with E-state index in [4.69, 9.17) is 11.6 Å². The lowest BCUT2D eigenvalue weighted by molar-refractivity contribution is 0.288. The number of halogens is 1. The molecule has 3 aromatic rings. The highest BCUT2D eigenvalue weighted by atomic mass is 35.5. The largest absolute Gasteiger partial charge is 0.311 e. The van der Waals surface area contributed by atoms with Crippen molar-refractivity contribution in [2.45, 2.75) is 23.8 Å². The molecule has 1 saturated heterocycles. The number of nitrogens with one attached hydrogen (secondary N) is 2. The Morgan fingerprint density at radius 1 is 1.19 bits per heavy atom. The molecular formula is C17H19ClN6O2S. The molecule has 10 heteroatoms. The standard InChI is InChI=1S/C17H19ClN6O2S/c18-14-3-1-13-10-16(5-2-12(13)9-14)27(25,26)24-8-7-19-15(11-24)4-6-17-20-22-23-21-17/h1-3,5,9-10,15,19H,4,6-8,11H2,(H,20,21,22,23). The summed E-state index contributed by atoms with van der Waals surface area (Å²) in [6, 6.07) is 10.6. The first-order valence-electron chi connectivity index (χ1n) is 8.68. The Labute approximate surface area is 162 Å². The lowest BCUT2D eigenvalue weighted by atomic mass is 10.1. The Bertz CT molecular complexity index is 1040. The fourth-order valence-electron chi connectivity index (χ4n) is 3.31. The Morgan fingerprint density at radius 3 is 2.81 bits per heavy atom. The van der Waals surface area contributed by atoms with E-state index in [-0.39, 0.29) is 6.04 Å². The Hall–Kier alpha value is -2.07. The van der Waals surface area contributed by atoms with Crippen LogP contribution in [0.2, 0.25) is 5.02 Å². The van der Waals surface area contributed by atoms with Gasteiger partial charge in [-0.25, -0.2) is 13.5 Å². The van der Waals surface area contributed by atoms with Crippen molar-refractivity contribution in [3.8, 4) is 0 Å². The minimum atomic E-state index is -3.56. The van der Waals surface area contributed by atoms with E-state index in [0.29, 0.717) is 41.8 Å². The van der Waals surface area contributed by atoms with E-state index in [1.807, 2.05) is 12.1 Å². The van der Waals surface area contributed by atoms with Gasteiger partial charge in [0, 0.05) is 37.1 Å². The number of rotatable bonds is 5. The molecule has 2 N–H and O–H groups in total. The van der Waals surface area contributed by atoms with Crippen molar-refractivity contribution in [3.05, 3.63) is 47.2 Å². The molecule has 0 bridgehead atoms. The molecule has 1 aliphatic heterocycles. The van der Waals surface area contributed by atoms with Gasteiger partial charge in [0.2, 0.25) is 10.0 Å². The van der Waals surface area contributed by atoms with Crippen LogP contribution in [0.5, 0.6) is 0 Å². The SMILES string of the molecule is O=S(=O)(c1ccc2cc(Cl)ccc2c1)N1CCNC(CCc2nnn[nH]2)C1. The summed E-state index contributed by atoms with van der Waals surface area (Å²) in [5.74, 6) is 0.699. The van der Waals surface area contributed by atoms with Gasteiger partial charge in [0.15, 0.2) is 0 Å². The molecule has 1 aromatic heterocycles. The van der Waals surface area contributed by atoms with Gasteiger partial charge >= 0.3 is 0 Å². The second-order valence-electron chi connectivity index (χ2n) is 6.55. The molecule has 8 nitrogen and oxygen atoms in total. The second-order valence-corrected chi connectivity index (χ2v) is 8.93. The molecule has 0 radical (unpaired) electrons. The van der Waals surface area contributed by atoms with E-state index >= 15 is 0 Å². The number of piperazine rings is 1. The monoisotopic (exact) mass is 406 g/mol. The van der Waals surface area contributed by atoms with Gasteiger partial charge in [0.25, 0.3) is 0 Å². The summed E-state index contributed by atoms with van der Waals surface area (Å²) < 4.78 is 27.8. The van der Waals surface area contributed by atoms with Crippen molar-refractivity contribution in [1.82, 2.24) is 30.2 Å². The van der Waals surface area contributed by atoms with E-state index in [1.54, 1.807) is 28.6 Å². The maximum Gasteiger partial charge on any atom is 0.243 e. The van der Waals surface area contributed by atoms with Crippen LogP contribution in [0.3, 0.4) is 0 Å². The molecule has 2 aromatic carbocycles. The average Bonchev–Trinajstić information content (AvgIpc) is 3.20. The fourth-order valence-corrected chi connectivity index (χ4v) is 5.01. The molecule has 1 aliphatic rings. The van der Waals surface area contributed by atoms with Crippen LogP contribution >= 0.6 is 11.6 Å². The van der Waals surface area contributed by atoms with E-state index in [0.717, 1.165) is 17.2 Å². The fraction of sp³-hybridized carbons (Fsp3) is 0.353. The van der Waals surface area contributed by atoms with Gasteiger partial charge in [-0.15, -0.1) is 5.10 Å². The number of aromatic amines is 1. The average molecular weight is 407 g/mol. The van der Waals surface area contributed by atoms with Gasteiger partial charge in [0.05, 0.1) is 4.90 Å². The zero-order chi connectivity index (χ0) is 18.9. The number of H-pyrrole nitrogens is 1. The van der Waals surface area contributed by atoms with Crippen LogP contribution in [-0.2, 0) is 16.4 Å². The van der Waals surface area contributed by atoms with Crippen molar-refractivity contribution in [1.29, 1.82) is 0 Å².